The Bertz CT molecular complexity index is 446. The van der Waals surface area contributed by atoms with E-state index in [9.17, 15) is 14.4 Å². The smallest absolute Gasteiger partial charge is 0.234 e. The normalized spacial score (nSPS) is 10.4. The van der Waals surface area contributed by atoms with Crippen LogP contribution < -0.4 is 16.0 Å². The standard InChI is InChI=1S/C15H31NO5.C7H14N2O2.C2H6/c1-13(2)20-9-7-18-11-15(16-5-6-17)12-19-8-10-21-14(3)4;1-3-6(10)4-9-7(11)5-8-2;1-2/h6,13-16H,5,7-12H2,1-4H3;8H,3-5H2,1-2H3,(H,9,11);1-2H3. The first kappa shape index (κ1) is 37.1. The van der Waals surface area contributed by atoms with Crippen LogP contribution in [0, 0.1) is 0 Å². The van der Waals surface area contributed by atoms with E-state index in [4.69, 9.17) is 18.9 Å². The molecule has 0 saturated carbocycles. The van der Waals surface area contributed by atoms with E-state index in [1.165, 1.54) is 0 Å². The zero-order valence-electron chi connectivity index (χ0n) is 22.7. The van der Waals surface area contributed by atoms with Gasteiger partial charge in [-0.3, -0.25) is 9.59 Å². The monoisotopic (exact) mass is 493 g/mol. The van der Waals surface area contributed by atoms with Gasteiger partial charge in [-0.2, -0.15) is 0 Å². The Morgan fingerprint density at radius 2 is 1.35 bits per heavy atom. The van der Waals surface area contributed by atoms with Crippen molar-refractivity contribution in [1.29, 1.82) is 0 Å². The van der Waals surface area contributed by atoms with Crippen LogP contribution in [0.1, 0.15) is 54.9 Å². The lowest BCUT2D eigenvalue weighted by Gasteiger charge is -2.18. The van der Waals surface area contributed by atoms with E-state index in [1.807, 2.05) is 41.5 Å². The number of carbonyl (C=O) groups is 3. The summed E-state index contributed by atoms with van der Waals surface area (Å²) >= 11 is 0. The van der Waals surface area contributed by atoms with Crippen molar-refractivity contribution < 1.29 is 33.3 Å². The molecule has 10 heteroatoms. The summed E-state index contributed by atoms with van der Waals surface area (Å²) in [5.74, 6) is -0.0937. The van der Waals surface area contributed by atoms with E-state index in [0.29, 0.717) is 52.6 Å². The molecule has 0 saturated heterocycles. The van der Waals surface area contributed by atoms with Crippen LogP contribution in [0.2, 0.25) is 0 Å². The summed E-state index contributed by atoms with van der Waals surface area (Å²) in [7, 11) is 1.68. The van der Waals surface area contributed by atoms with Crippen LogP contribution in [0.25, 0.3) is 0 Å². The van der Waals surface area contributed by atoms with Gasteiger partial charge in [-0.25, -0.2) is 0 Å². The first-order valence-electron chi connectivity index (χ1n) is 12.2. The Morgan fingerprint density at radius 3 is 1.74 bits per heavy atom. The fraction of sp³-hybridized carbons (Fsp3) is 0.875. The summed E-state index contributed by atoms with van der Waals surface area (Å²) in [5.41, 5.74) is 0. The van der Waals surface area contributed by atoms with E-state index in [-0.39, 0.29) is 43.0 Å². The van der Waals surface area contributed by atoms with E-state index in [2.05, 4.69) is 16.0 Å². The van der Waals surface area contributed by atoms with Crippen LogP contribution in [-0.4, -0.2) is 103 Å². The van der Waals surface area contributed by atoms with Gasteiger partial charge in [0.15, 0.2) is 5.78 Å². The van der Waals surface area contributed by atoms with Crippen molar-refractivity contribution in [3.63, 3.8) is 0 Å². The zero-order chi connectivity index (χ0) is 26.6. The van der Waals surface area contributed by atoms with E-state index in [0.717, 1.165) is 6.29 Å². The van der Waals surface area contributed by atoms with Crippen molar-refractivity contribution in [2.45, 2.75) is 73.1 Å². The molecule has 0 rings (SSSR count). The maximum atomic E-state index is 10.7. The van der Waals surface area contributed by atoms with Crippen LogP contribution in [0.15, 0.2) is 0 Å². The highest BCUT2D eigenvalue weighted by atomic mass is 16.5. The SMILES string of the molecule is CC.CC(C)OCCOCC(COCCOC(C)C)NCC=O.CCC(=O)CNC(=O)CNC. The van der Waals surface area contributed by atoms with Crippen molar-refractivity contribution in [3.8, 4) is 0 Å². The zero-order valence-corrected chi connectivity index (χ0v) is 22.7. The molecule has 0 radical (unpaired) electrons. The van der Waals surface area contributed by atoms with Crippen molar-refractivity contribution in [3.05, 3.63) is 0 Å². The number of hydrogen-bond acceptors (Lipinski definition) is 9. The molecule has 0 spiro atoms. The average molecular weight is 494 g/mol. The van der Waals surface area contributed by atoms with Gasteiger partial charge >= 0.3 is 0 Å². The number of ketones is 1. The maximum absolute atomic E-state index is 10.7. The highest BCUT2D eigenvalue weighted by Gasteiger charge is 2.08. The molecule has 0 aromatic heterocycles. The summed E-state index contributed by atoms with van der Waals surface area (Å²) < 4.78 is 21.8. The van der Waals surface area contributed by atoms with Crippen molar-refractivity contribution >= 4 is 18.0 Å². The van der Waals surface area contributed by atoms with Gasteiger partial charge in [0.2, 0.25) is 5.91 Å². The molecule has 34 heavy (non-hydrogen) atoms. The third-order valence-electron chi connectivity index (χ3n) is 3.70. The number of aldehydes is 1. The first-order chi connectivity index (χ1) is 16.3. The summed E-state index contributed by atoms with van der Waals surface area (Å²) in [6.45, 7) is 17.6. The second-order valence-electron chi connectivity index (χ2n) is 7.46. The van der Waals surface area contributed by atoms with Crippen LogP contribution in [0.4, 0.5) is 0 Å². The molecule has 0 bridgehead atoms. The molecule has 10 nitrogen and oxygen atoms in total. The van der Waals surface area contributed by atoms with Crippen molar-refractivity contribution in [2.75, 3.05) is 66.3 Å². The van der Waals surface area contributed by atoms with Gasteiger partial charge in [0.25, 0.3) is 0 Å². The van der Waals surface area contributed by atoms with Crippen LogP contribution in [0.5, 0.6) is 0 Å². The highest BCUT2D eigenvalue weighted by molar-refractivity contribution is 5.86. The first-order valence-corrected chi connectivity index (χ1v) is 12.2. The Morgan fingerprint density at radius 1 is 0.853 bits per heavy atom. The molecule has 0 aliphatic carbocycles. The number of carbonyl (C=O) groups excluding carboxylic acids is 3. The third-order valence-corrected chi connectivity index (χ3v) is 3.70. The number of hydrogen-bond donors (Lipinski definition) is 3. The highest BCUT2D eigenvalue weighted by Crippen LogP contribution is 1.93. The topological polar surface area (TPSA) is 124 Å². The van der Waals surface area contributed by atoms with E-state index < -0.39 is 0 Å². The average Bonchev–Trinajstić information content (AvgIpc) is 2.81. The minimum Gasteiger partial charge on any atom is -0.377 e. The van der Waals surface area contributed by atoms with Gasteiger partial charge < -0.3 is 39.7 Å². The second-order valence-corrected chi connectivity index (χ2v) is 7.46. The number of likely N-dealkylation sites (N-methyl/N-ethyl adjacent to an activating group) is 1. The molecule has 1 amide bonds. The summed E-state index contributed by atoms with van der Waals surface area (Å²) in [6.07, 6.45) is 1.72. The van der Waals surface area contributed by atoms with E-state index >= 15 is 0 Å². The minimum absolute atomic E-state index is 0.00620. The summed E-state index contributed by atoms with van der Waals surface area (Å²) in [5, 5.41) is 8.24. The van der Waals surface area contributed by atoms with E-state index in [1.54, 1.807) is 14.0 Å². The predicted molar refractivity (Wildman–Crippen MR) is 135 cm³/mol. The number of Topliss-reactive ketones (excluding diaryl/α,β-unsaturated/α-hetero) is 1. The maximum Gasteiger partial charge on any atom is 0.234 e. The molecule has 204 valence electrons. The van der Waals surface area contributed by atoms with Gasteiger partial charge in [0.05, 0.1) is 77.5 Å². The molecular formula is C24H51N3O7. The Hall–Kier alpha value is -1.43. The minimum atomic E-state index is -0.144. The van der Waals surface area contributed by atoms with Crippen LogP contribution >= 0.6 is 0 Å². The molecule has 0 atom stereocenters. The molecule has 0 aromatic rings. The molecular weight excluding hydrogens is 442 g/mol. The molecule has 0 fully saturated rings. The Labute approximate surface area is 207 Å². The number of rotatable bonds is 20. The van der Waals surface area contributed by atoms with Crippen LogP contribution in [-0.2, 0) is 33.3 Å². The summed E-state index contributed by atoms with van der Waals surface area (Å²) in [6, 6.07) is -0.00620. The van der Waals surface area contributed by atoms with Crippen LogP contribution in [0.3, 0.4) is 0 Å². The molecule has 0 aromatic carbocycles. The lowest BCUT2D eigenvalue weighted by Crippen LogP contribution is -2.39. The fourth-order valence-corrected chi connectivity index (χ4v) is 2.06. The Kier molecular flexibility index (Phi) is 32.3. The molecule has 0 heterocycles. The second kappa shape index (κ2) is 29.6. The lowest BCUT2D eigenvalue weighted by molar-refractivity contribution is -0.124. The molecule has 0 unspecified atom stereocenters. The van der Waals surface area contributed by atoms with Gasteiger partial charge in [-0.05, 0) is 34.7 Å². The number of nitrogens with one attached hydrogen (secondary N) is 3. The lowest BCUT2D eigenvalue weighted by atomic mass is 10.3. The molecule has 0 aliphatic heterocycles. The predicted octanol–water partition coefficient (Wildman–Crippen LogP) is 1.35. The van der Waals surface area contributed by atoms with Crippen molar-refractivity contribution in [1.82, 2.24) is 16.0 Å². The van der Waals surface area contributed by atoms with Gasteiger partial charge in [0.1, 0.15) is 6.29 Å². The third kappa shape index (κ3) is 32.7. The van der Waals surface area contributed by atoms with Crippen molar-refractivity contribution in [2.24, 2.45) is 0 Å². The number of amides is 1. The number of ether oxygens (including phenoxy) is 4. The quantitative estimate of drug-likeness (QED) is 0.170. The van der Waals surface area contributed by atoms with Gasteiger partial charge in [-0.15, -0.1) is 0 Å². The van der Waals surface area contributed by atoms with Gasteiger partial charge in [0, 0.05) is 6.42 Å². The molecule has 0 aliphatic rings. The molecule has 3 N–H and O–H groups in total. The largest absolute Gasteiger partial charge is 0.377 e. The summed E-state index contributed by atoms with van der Waals surface area (Å²) in [4.78, 5) is 31.9. The Balaban J connectivity index is -0.000000621. The fourth-order valence-electron chi connectivity index (χ4n) is 2.06. The van der Waals surface area contributed by atoms with Gasteiger partial charge in [-0.1, -0.05) is 20.8 Å².